The van der Waals surface area contributed by atoms with Crippen molar-refractivity contribution in [3.8, 4) is 5.69 Å². The highest BCUT2D eigenvalue weighted by Gasteiger charge is 2.34. The minimum absolute atomic E-state index is 0.258. The molecule has 1 aliphatic carbocycles. The minimum Gasteiger partial charge on any atom is -0.456 e. The van der Waals surface area contributed by atoms with E-state index in [1.807, 2.05) is 48.2 Å². The molecule has 3 aliphatic rings. The van der Waals surface area contributed by atoms with Gasteiger partial charge in [-0.25, -0.2) is 9.98 Å². The molecule has 3 atom stereocenters. The van der Waals surface area contributed by atoms with Crippen LogP contribution in [0.2, 0.25) is 0 Å². The highest BCUT2D eigenvalue weighted by Crippen LogP contribution is 2.51. The van der Waals surface area contributed by atoms with E-state index in [0.717, 1.165) is 56.0 Å². The Morgan fingerprint density at radius 2 is 1.32 bits per heavy atom. The first-order chi connectivity index (χ1) is 28.2. The molecule has 0 spiro atoms. The van der Waals surface area contributed by atoms with Crippen LogP contribution in [0.25, 0.3) is 55.0 Å². The second kappa shape index (κ2) is 12.8. The summed E-state index contributed by atoms with van der Waals surface area (Å²) in [5, 5.41) is 8.69. The lowest BCUT2D eigenvalue weighted by Gasteiger charge is -2.22. The number of benzene rings is 7. The first kappa shape index (κ1) is 32.4. The molecular formula is C51H34N4OS. The van der Waals surface area contributed by atoms with Gasteiger partial charge in [-0.15, -0.1) is 11.8 Å². The highest BCUT2D eigenvalue weighted by atomic mass is 32.2. The number of hydrogen-bond donors (Lipinski definition) is 1. The zero-order chi connectivity index (χ0) is 37.5. The van der Waals surface area contributed by atoms with Crippen molar-refractivity contribution in [1.29, 1.82) is 0 Å². The van der Waals surface area contributed by atoms with Crippen LogP contribution in [0.5, 0.6) is 0 Å². The van der Waals surface area contributed by atoms with E-state index >= 15 is 0 Å². The summed E-state index contributed by atoms with van der Waals surface area (Å²) in [7, 11) is 0. The number of aromatic nitrogens is 1. The van der Waals surface area contributed by atoms with E-state index < -0.39 is 0 Å². The summed E-state index contributed by atoms with van der Waals surface area (Å²) in [4.78, 5) is 11.5. The third-order valence-electron chi connectivity index (χ3n) is 11.6. The smallest absolute Gasteiger partial charge is 0.169 e. The van der Waals surface area contributed by atoms with Crippen molar-refractivity contribution in [2.75, 3.05) is 0 Å². The zero-order valence-corrected chi connectivity index (χ0v) is 31.5. The van der Waals surface area contributed by atoms with Gasteiger partial charge >= 0.3 is 0 Å². The lowest BCUT2D eigenvalue weighted by molar-refractivity contribution is 0.668. The van der Waals surface area contributed by atoms with Crippen LogP contribution in [0.1, 0.15) is 39.9 Å². The number of thioether (sulfide) groups is 1. The fraction of sp³-hybridized carbons (Fsp3) is 0.0588. The number of amidine groups is 2. The molecule has 6 heteroatoms. The summed E-state index contributed by atoms with van der Waals surface area (Å²) >= 11 is 1.93. The summed E-state index contributed by atoms with van der Waals surface area (Å²) in [6, 6.07) is 57.8. The third kappa shape index (κ3) is 5.25. The standard InChI is InChI=1S/C51H34N4OS/c1-3-12-31(13-4-1)49-52-50(32-14-5-2-6-15-32)54-51(53-49)34-22-25-39-41-28-33(23-27-46(41)57-47(39)29-34)36-18-11-21-44-48(36)40-26-24-35(30-45(40)56-44)55-42-19-9-7-16-37(42)38-17-8-10-20-43(38)55/h1-30,41,46,49H,(H,52,53,54). The van der Waals surface area contributed by atoms with E-state index in [9.17, 15) is 0 Å². The van der Waals surface area contributed by atoms with Crippen LogP contribution in [0.4, 0.5) is 0 Å². The molecule has 57 heavy (non-hydrogen) atoms. The fourth-order valence-electron chi connectivity index (χ4n) is 8.94. The molecule has 270 valence electrons. The fourth-order valence-corrected chi connectivity index (χ4v) is 10.3. The van der Waals surface area contributed by atoms with Crippen LogP contribution < -0.4 is 5.32 Å². The molecule has 0 bridgehead atoms. The molecule has 12 rings (SSSR count). The monoisotopic (exact) mass is 750 g/mol. The van der Waals surface area contributed by atoms with Gasteiger partial charge in [-0.05, 0) is 58.7 Å². The Balaban J connectivity index is 0.898. The molecule has 1 N–H and O–H groups in total. The molecule has 0 saturated heterocycles. The van der Waals surface area contributed by atoms with Crippen molar-refractivity contribution in [3.05, 3.63) is 210 Å². The van der Waals surface area contributed by atoms with Crippen molar-refractivity contribution < 1.29 is 4.42 Å². The quantitative estimate of drug-likeness (QED) is 0.191. The SMILES string of the molecule is C1=CC2Sc3cc(C4=NC(c5ccccc5)N=C(c5ccccc5)N4)ccc3C2C=C1c1cccc2oc3cc(-n4c5ccccc5c5ccccc54)ccc3c12. The Hall–Kier alpha value is -6.89. The second-order valence-corrected chi connectivity index (χ2v) is 16.1. The van der Waals surface area contributed by atoms with E-state index in [1.54, 1.807) is 0 Å². The van der Waals surface area contributed by atoms with E-state index in [4.69, 9.17) is 14.4 Å². The summed E-state index contributed by atoms with van der Waals surface area (Å²) in [6.07, 6.45) is 6.83. The molecule has 0 saturated carbocycles. The molecule has 0 radical (unpaired) electrons. The van der Waals surface area contributed by atoms with Crippen LogP contribution in [-0.2, 0) is 0 Å². The molecule has 5 nitrogen and oxygen atoms in total. The van der Waals surface area contributed by atoms with E-state index in [2.05, 4.69) is 156 Å². The van der Waals surface area contributed by atoms with Gasteiger partial charge in [0.05, 0.1) is 11.0 Å². The van der Waals surface area contributed by atoms with Crippen molar-refractivity contribution in [2.45, 2.75) is 22.2 Å². The van der Waals surface area contributed by atoms with Gasteiger partial charge in [0, 0.05) is 60.5 Å². The van der Waals surface area contributed by atoms with Crippen molar-refractivity contribution >= 4 is 72.8 Å². The Labute approximate surface area is 333 Å². The van der Waals surface area contributed by atoms with Crippen LogP contribution >= 0.6 is 11.8 Å². The van der Waals surface area contributed by atoms with Gasteiger partial charge < -0.3 is 14.3 Å². The summed E-state index contributed by atoms with van der Waals surface area (Å²) < 4.78 is 8.98. The summed E-state index contributed by atoms with van der Waals surface area (Å²) in [6.45, 7) is 0. The molecule has 7 aromatic carbocycles. The number of aliphatic imine (C=N–C) groups is 2. The number of rotatable bonds is 5. The second-order valence-electron chi connectivity index (χ2n) is 14.9. The topological polar surface area (TPSA) is 54.8 Å². The average Bonchev–Trinajstić information content (AvgIpc) is 3.95. The van der Waals surface area contributed by atoms with Gasteiger partial charge in [0.2, 0.25) is 0 Å². The Kier molecular flexibility index (Phi) is 7.29. The van der Waals surface area contributed by atoms with Crippen LogP contribution in [0.15, 0.2) is 201 Å². The van der Waals surface area contributed by atoms with Gasteiger partial charge in [0.25, 0.3) is 0 Å². The van der Waals surface area contributed by atoms with Gasteiger partial charge in [0.1, 0.15) is 22.8 Å². The molecule has 2 aliphatic heterocycles. The van der Waals surface area contributed by atoms with Gasteiger partial charge in [-0.3, -0.25) is 0 Å². The largest absolute Gasteiger partial charge is 0.456 e. The number of para-hydroxylation sites is 2. The Morgan fingerprint density at radius 3 is 2.11 bits per heavy atom. The predicted molar refractivity (Wildman–Crippen MR) is 236 cm³/mol. The first-order valence-electron chi connectivity index (χ1n) is 19.4. The third-order valence-corrected chi connectivity index (χ3v) is 12.9. The van der Waals surface area contributed by atoms with Crippen molar-refractivity contribution in [1.82, 2.24) is 9.88 Å². The minimum atomic E-state index is -0.323. The highest BCUT2D eigenvalue weighted by molar-refractivity contribution is 8.00. The summed E-state index contributed by atoms with van der Waals surface area (Å²) in [5.74, 6) is 1.92. The Bertz CT molecular complexity index is 3150. The number of fused-ring (bicyclic) bond motifs is 9. The van der Waals surface area contributed by atoms with E-state index in [0.29, 0.717) is 5.25 Å². The predicted octanol–water partition coefficient (Wildman–Crippen LogP) is 12.4. The molecular weight excluding hydrogens is 717 g/mol. The molecule has 0 amide bonds. The number of furan rings is 1. The van der Waals surface area contributed by atoms with Crippen molar-refractivity contribution in [2.24, 2.45) is 9.98 Å². The first-order valence-corrected chi connectivity index (χ1v) is 20.3. The maximum Gasteiger partial charge on any atom is 0.169 e. The lowest BCUT2D eigenvalue weighted by atomic mass is 9.86. The van der Waals surface area contributed by atoms with E-state index in [1.165, 1.54) is 43.4 Å². The van der Waals surface area contributed by atoms with Gasteiger partial charge in [-0.2, -0.15) is 0 Å². The van der Waals surface area contributed by atoms with Crippen LogP contribution in [0, 0.1) is 0 Å². The maximum absolute atomic E-state index is 6.64. The molecule has 0 fully saturated rings. The van der Waals surface area contributed by atoms with E-state index in [-0.39, 0.29) is 12.1 Å². The zero-order valence-electron chi connectivity index (χ0n) is 30.7. The molecule has 3 unspecified atom stereocenters. The number of hydrogen-bond acceptors (Lipinski definition) is 5. The average molecular weight is 751 g/mol. The Morgan fingerprint density at radius 1 is 0.596 bits per heavy atom. The van der Waals surface area contributed by atoms with Crippen LogP contribution in [-0.4, -0.2) is 21.5 Å². The summed E-state index contributed by atoms with van der Waals surface area (Å²) in [5.41, 5.74) is 12.2. The normalized spacial score (nSPS) is 18.7. The van der Waals surface area contributed by atoms with Crippen LogP contribution in [0.3, 0.4) is 0 Å². The van der Waals surface area contributed by atoms with Gasteiger partial charge in [-0.1, -0.05) is 140 Å². The lowest BCUT2D eigenvalue weighted by Crippen LogP contribution is -2.36. The molecule has 9 aromatic rings. The molecule has 2 aromatic heterocycles. The number of nitrogens with zero attached hydrogens (tertiary/aromatic N) is 3. The number of allylic oxidation sites excluding steroid dienone is 3. The molecule has 4 heterocycles. The van der Waals surface area contributed by atoms with Crippen molar-refractivity contribution in [3.63, 3.8) is 0 Å². The number of nitrogens with one attached hydrogen (secondary N) is 1. The maximum atomic E-state index is 6.64. The van der Waals surface area contributed by atoms with Gasteiger partial charge in [0.15, 0.2) is 6.17 Å².